The zero-order valence-corrected chi connectivity index (χ0v) is 17.1. The summed E-state index contributed by atoms with van der Waals surface area (Å²) in [5, 5.41) is 0. The van der Waals surface area contributed by atoms with Gasteiger partial charge in [-0.1, -0.05) is 12.1 Å². The molecule has 0 bridgehead atoms. The van der Waals surface area contributed by atoms with Gasteiger partial charge in [0.25, 0.3) is 11.8 Å². The van der Waals surface area contributed by atoms with Crippen LogP contribution in [0.15, 0.2) is 42.6 Å². The maximum Gasteiger partial charge on any atom is 0.255 e. The van der Waals surface area contributed by atoms with E-state index < -0.39 is 0 Å². The van der Waals surface area contributed by atoms with Crippen LogP contribution in [0.3, 0.4) is 0 Å². The molecule has 2 fully saturated rings. The van der Waals surface area contributed by atoms with Gasteiger partial charge in [-0.3, -0.25) is 14.6 Å². The number of hydrogen-bond acceptors (Lipinski definition) is 3. The first-order valence-corrected chi connectivity index (χ1v) is 10.7. The molecule has 152 valence electrons. The predicted octanol–water partition coefficient (Wildman–Crippen LogP) is 3.72. The smallest absolute Gasteiger partial charge is 0.255 e. The summed E-state index contributed by atoms with van der Waals surface area (Å²) in [6, 6.07) is 11.9. The third-order valence-corrected chi connectivity index (χ3v) is 6.18. The van der Waals surface area contributed by atoms with Gasteiger partial charge in [-0.15, -0.1) is 0 Å². The summed E-state index contributed by atoms with van der Waals surface area (Å²) in [6.45, 7) is 5.29. The van der Waals surface area contributed by atoms with Gasteiger partial charge in [-0.2, -0.15) is 0 Å². The maximum atomic E-state index is 12.6. The van der Waals surface area contributed by atoms with Gasteiger partial charge in [0.2, 0.25) is 0 Å². The molecule has 0 atom stereocenters. The molecule has 5 nitrogen and oxygen atoms in total. The minimum Gasteiger partial charge on any atom is -0.339 e. The number of carbonyl (C=O) groups is 2. The molecule has 0 saturated carbocycles. The number of carbonyl (C=O) groups excluding carboxylic acids is 2. The first kappa shape index (κ1) is 19.6. The fraction of sp³-hybridized carbons (Fsp3) is 0.458. The van der Waals surface area contributed by atoms with Crippen LogP contribution in [0.4, 0.5) is 0 Å². The molecular formula is C24H29N3O2. The molecule has 0 aliphatic carbocycles. The molecule has 29 heavy (non-hydrogen) atoms. The second-order valence-corrected chi connectivity index (χ2v) is 8.32. The Balaban J connectivity index is 1.28. The number of aromatic nitrogens is 1. The van der Waals surface area contributed by atoms with Crippen LogP contribution in [0.5, 0.6) is 0 Å². The van der Waals surface area contributed by atoms with Gasteiger partial charge < -0.3 is 9.80 Å². The van der Waals surface area contributed by atoms with Crippen LogP contribution in [-0.2, 0) is 6.42 Å². The summed E-state index contributed by atoms with van der Waals surface area (Å²) in [5.41, 5.74) is 3.67. The molecule has 0 spiro atoms. The Labute approximate surface area is 172 Å². The lowest BCUT2D eigenvalue weighted by Gasteiger charge is -2.32. The Bertz CT molecular complexity index is 847. The quantitative estimate of drug-likeness (QED) is 0.798. The SMILES string of the molecule is Cc1ccc(C(=O)N2CCC(Cc3ccc(C(=O)N4CCCC4)cc3)CC2)cn1. The van der Waals surface area contributed by atoms with E-state index in [0.717, 1.165) is 69.5 Å². The molecule has 0 radical (unpaired) electrons. The number of nitrogens with zero attached hydrogens (tertiary/aromatic N) is 3. The van der Waals surface area contributed by atoms with Crippen LogP contribution in [0, 0.1) is 12.8 Å². The molecule has 5 heteroatoms. The third kappa shape index (κ3) is 4.66. The molecule has 2 saturated heterocycles. The van der Waals surface area contributed by atoms with E-state index in [9.17, 15) is 9.59 Å². The number of benzene rings is 1. The van der Waals surface area contributed by atoms with Gasteiger partial charge in [0.05, 0.1) is 5.56 Å². The van der Waals surface area contributed by atoms with Crippen molar-refractivity contribution in [3.63, 3.8) is 0 Å². The number of pyridine rings is 1. The number of aryl methyl sites for hydroxylation is 1. The van der Waals surface area contributed by atoms with E-state index in [2.05, 4.69) is 17.1 Å². The average molecular weight is 392 g/mol. The van der Waals surface area contributed by atoms with Gasteiger partial charge in [0, 0.05) is 43.6 Å². The van der Waals surface area contributed by atoms with Crippen molar-refractivity contribution in [3.05, 3.63) is 65.0 Å². The van der Waals surface area contributed by atoms with Gasteiger partial charge in [0.15, 0.2) is 0 Å². The van der Waals surface area contributed by atoms with E-state index in [1.807, 2.05) is 41.0 Å². The van der Waals surface area contributed by atoms with E-state index in [4.69, 9.17) is 0 Å². The van der Waals surface area contributed by atoms with E-state index in [1.54, 1.807) is 6.20 Å². The van der Waals surface area contributed by atoms with Gasteiger partial charge in [0.1, 0.15) is 0 Å². The number of rotatable bonds is 4. The topological polar surface area (TPSA) is 53.5 Å². The van der Waals surface area contributed by atoms with Crippen LogP contribution in [0.2, 0.25) is 0 Å². The minimum absolute atomic E-state index is 0.0840. The fourth-order valence-electron chi connectivity index (χ4n) is 4.34. The van der Waals surface area contributed by atoms with Crippen LogP contribution >= 0.6 is 0 Å². The Morgan fingerprint density at radius 3 is 2.07 bits per heavy atom. The summed E-state index contributed by atoms with van der Waals surface area (Å²) in [4.78, 5) is 33.2. The second kappa shape index (κ2) is 8.76. The largest absolute Gasteiger partial charge is 0.339 e. The van der Waals surface area contributed by atoms with Crippen molar-refractivity contribution in [1.82, 2.24) is 14.8 Å². The van der Waals surface area contributed by atoms with Crippen molar-refractivity contribution in [2.75, 3.05) is 26.2 Å². The van der Waals surface area contributed by atoms with Crippen LogP contribution in [0.25, 0.3) is 0 Å². The summed E-state index contributed by atoms with van der Waals surface area (Å²) >= 11 is 0. The lowest BCUT2D eigenvalue weighted by molar-refractivity contribution is 0.0689. The van der Waals surface area contributed by atoms with Gasteiger partial charge >= 0.3 is 0 Å². The predicted molar refractivity (Wildman–Crippen MR) is 113 cm³/mol. The average Bonchev–Trinajstić information content (AvgIpc) is 3.29. The van der Waals surface area contributed by atoms with Gasteiger partial charge in [-0.25, -0.2) is 0 Å². The number of hydrogen-bond donors (Lipinski definition) is 0. The number of piperidine rings is 1. The van der Waals surface area contributed by atoms with E-state index in [0.29, 0.717) is 11.5 Å². The Hall–Kier alpha value is -2.69. The standard InChI is InChI=1S/C24H29N3O2/c1-18-4-7-22(17-25-18)24(29)27-14-10-20(11-15-27)16-19-5-8-21(9-6-19)23(28)26-12-2-3-13-26/h4-9,17,20H,2-3,10-16H2,1H3. The van der Waals surface area contributed by atoms with Crippen LogP contribution in [-0.4, -0.2) is 52.8 Å². The lowest BCUT2D eigenvalue weighted by atomic mass is 9.89. The summed E-state index contributed by atoms with van der Waals surface area (Å²) in [6.07, 6.45) is 6.94. The van der Waals surface area contributed by atoms with Gasteiger partial charge in [-0.05, 0) is 74.8 Å². The second-order valence-electron chi connectivity index (χ2n) is 8.32. The third-order valence-electron chi connectivity index (χ3n) is 6.18. The van der Waals surface area contributed by atoms with Crippen LogP contribution < -0.4 is 0 Å². The zero-order valence-electron chi connectivity index (χ0n) is 17.1. The summed E-state index contributed by atoms with van der Waals surface area (Å²) in [7, 11) is 0. The molecule has 1 aromatic heterocycles. The normalized spacial score (nSPS) is 17.6. The summed E-state index contributed by atoms with van der Waals surface area (Å²) < 4.78 is 0. The molecule has 0 N–H and O–H groups in total. The maximum absolute atomic E-state index is 12.6. The van der Waals surface area contributed by atoms with Crippen molar-refractivity contribution >= 4 is 11.8 Å². The fourth-order valence-corrected chi connectivity index (χ4v) is 4.34. The van der Waals surface area contributed by atoms with Crippen molar-refractivity contribution < 1.29 is 9.59 Å². The lowest BCUT2D eigenvalue weighted by Crippen LogP contribution is -2.39. The minimum atomic E-state index is 0.0840. The number of amides is 2. The number of likely N-dealkylation sites (tertiary alicyclic amines) is 2. The molecular weight excluding hydrogens is 362 g/mol. The van der Waals surface area contributed by atoms with Crippen molar-refractivity contribution in [2.24, 2.45) is 5.92 Å². The first-order valence-electron chi connectivity index (χ1n) is 10.7. The molecule has 3 heterocycles. The first-order chi connectivity index (χ1) is 14.1. The summed E-state index contributed by atoms with van der Waals surface area (Å²) in [5.74, 6) is 0.822. The Morgan fingerprint density at radius 2 is 1.45 bits per heavy atom. The monoisotopic (exact) mass is 391 g/mol. The molecule has 0 unspecified atom stereocenters. The van der Waals surface area contributed by atoms with E-state index in [1.165, 1.54) is 5.56 Å². The van der Waals surface area contributed by atoms with Crippen LogP contribution in [0.1, 0.15) is 57.7 Å². The molecule has 2 aliphatic rings. The van der Waals surface area contributed by atoms with Crippen molar-refractivity contribution in [2.45, 2.75) is 39.0 Å². The molecule has 2 aromatic rings. The Morgan fingerprint density at radius 1 is 0.862 bits per heavy atom. The highest BCUT2D eigenvalue weighted by atomic mass is 16.2. The van der Waals surface area contributed by atoms with Crippen molar-refractivity contribution in [3.8, 4) is 0 Å². The molecule has 2 aliphatic heterocycles. The van der Waals surface area contributed by atoms with E-state index in [-0.39, 0.29) is 11.8 Å². The highest BCUT2D eigenvalue weighted by Gasteiger charge is 2.24. The van der Waals surface area contributed by atoms with Crippen molar-refractivity contribution in [1.29, 1.82) is 0 Å². The highest BCUT2D eigenvalue weighted by molar-refractivity contribution is 5.94. The Kier molecular flexibility index (Phi) is 5.93. The molecule has 1 aromatic carbocycles. The zero-order chi connectivity index (χ0) is 20.2. The molecule has 2 amide bonds. The van der Waals surface area contributed by atoms with E-state index >= 15 is 0 Å². The molecule has 4 rings (SSSR count). The highest BCUT2D eigenvalue weighted by Crippen LogP contribution is 2.23.